The number of rotatable bonds is 2. The summed E-state index contributed by atoms with van der Waals surface area (Å²) in [5.41, 5.74) is 3.93. The number of benzene rings is 1. The maximum Gasteiger partial charge on any atom is 0.307 e. The van der Waals surface area contributed by atoms with E-state index >= 15 is 0 Å². The number of allylic oxidation sites excluding steroid dienone is 1. The van der Waals surface area contributed by atoms with Crippen LogP contribution in [-0.2, 0) is 11.2 Å². The number of halogens is 2. The van der Waals surface area contributed by atoms with Crippen molar-refractivity contribution in [3.63, 3.8) is 0 Å². The van der Waals surface area contributed by atoms with Crippen LogP contribution >= 0.6 is 23.2 Å². The molecule has 0 saturated carbocycles. The fourth-order valence-electron chi connectivity index (χ4n) is 2.03. The number of carbonyl (C=O) groups is 1. The molecule has 0 fully saturated rings. The van der Waals surface area contributed by atoms with E-state index in [1.807, 2.05) is 13.0 Å². The number of aliphatic carboxylic acids is 1. The lowest BCUT2D eigenvalue weighted by Gasteiger charge is -2.05. The normalized spacial score (nSPS) is 14.2. The molecule has 1 N–H and O–H groups in total. The molecule has 0 radical (unpaired) electrons. The van der Waals surface area contributed by atoms with Crippen molar-refractivity contribution in [3.05, 3.63) is 38.9 Å². The zero-order valence-electron chi connectivity index (χ0n) is 8.68. The topological polar surface area (TPSA) is 37.3 Å². The van der Waals surface area contributed by atoms with Gasteiger partial charge in [-0.15, -0.1) is 0 Å². The van der Waals surface area contributed by atoms with Gasteiger partial charge < -0.3 is 5.11 Å². The van der Waals surface area contributed by atoms with Gasteiger partial charge in [0.1, 0.15) is 0 Å². The lowest BCUT2D eigenvalue weighted by atomic mass is 10.0. The van der Waals surface area contributed by atoms with Gasteiger partial charge in [-0.1, -0.05) is 28.8 Å². The van der Waals surface area contributed by atoms with Gasteiger partial charge in [0.15, 0.2) is 0 Å². The Bertz CT molecular complexity index is 504. The van der Waals surface area contributed by atoms with Crippen molar-refractivity contribution in [2.24, 2.45) is 0 Å². The summed E-state index contributed by atoms with van der Waals surface area (Å²) in [6, 6.07) is 3.57. The average Bonchev–Trinajstić information content (AvgIpc) is 2.45. The van der Waals surface area contributed by atoms with E-state index in [1.54, 1.807) is 6.07 Å². The molecule has 2 rings (SSSR count). The molecule has 0 aliphatic heterocycles. The SMILES string of the molecule is CC1=C(CC(=O)O)c2cc(Cl)c(Cl)cc2C1. The van der Waals surface area contributed by atoms with Crippen molar-refractivity contribution in [1.29, 1.82) is 0 Å². The average molecular weight is 257 g/mol. The van der Waals surface area contributed by atoms with Crippen molar-refractivity contribution >= 4 is 34.7 Å². The minimum Gasteiger partial charge on any atom is -0.481 e. The van der Waals surface area contributed by atoms with Gasteiger partial charge in [0.25, 0.3) is 0 Å². The predicted molar refractivity (Wildman–Crippen MR) is 65.0 cm³/mol. The van der Waals surface area contributed by atoms with Gasteiger partial charge in [0.05, 0.1) is 16.5 Å². The first kappa shape index (κ1) is 11.5. The molecule has 0 bridgehead atoms. The minimum atomic E-state index is -0.826. The smallest absolute Gasteiger partial charge is 0.307 e. The summed E-state index contributed by atoms with van der Waals surface area (Å²) in [6.45, 7) is 1.94. The van der Waals surface area contributed by atoms with Crippen LogP contribution in [0.2, 0.25) is 10.0 Å². The molecule has 4 heteroatoms. The van der Waals surface area contributed by atoms with Crippen LogP contribution in [0.5, 0.6) is 0 Å². The van der Waals surface area contributed by atoms with E-state index in [1.165, 1.54) is 0 Å². The number of hydrogen-bond acceptors (Lipinski definition) is 1. The van der Waals surface area contributed by atoms with Crippen LogP contribution < -0.4 is 0 Å². The van der Waals surface area contributed by atoms with E-state index in [2.05, 4.69) is 0 Å². The highest BCUT2D eigenvalue weighted by atomic mass is 35.5. The summed E-state index contributed by atoms with van der Waals surface area (Å²) in [7, 11) is 0. The first-order chi connectivity index (χ1) is 7.49. The molecule has 84 valence electrons. The molecule has 0 amide bonds. The van der Waals surface area contributed by atoms with Crippen molar-refractivity contribution < 1.29 is 9.90 Å². The van der Waals surface area contributed by atoms with Gasteiger partial charge in [0.2, 0.25) is 0 Å². The van der Waals surface area contributed by atoms with E-state index in [9.17, 15) is 4.79 Å². The third-order valence-corrected chi connectivity index (χ3v) is 3.49. The number of hydrogen-bond donors (Lipinski definition) is 1. The molecule has 1 aliphatic carbocycles. The highest BCUT2D eigenvalue weighted by molar-refractivity contribution is 6.42. The summed E-state index contributed by atoms with van der Waals surface area (Å²) in [6.07, 6.45) is 0.797. The van der Waals surface area contributed by atoms with Gasteiger partial charge in [-0.2, -0.15) is 0 Å². The summed E-state index contributed by atoms with van der Waals surface area (Å²) < 4.78 is 0. The van der Waals surface area contributed by atoms with E-state index in [4.69, 9.17) is 28.3 Å². The van der Waals surface area contributed by atoms with Crippen LogP contribution in [0.3, 0.4) is 0 Å². The Labute approximate surface area is 103 Å². The Morgan fingerprint density at radius 2 is 2.00 bits per heavy atom. The molecule has 2 nitrogen and oxygen atoms in total. The highest BCUT2D eigenvalue weighted by Crippen LogP contribution is 2.38. The molecule has 1 aliphatic rings. The molecule has 0 heterocycles. The Kier molecular flexibility index (Phi) is 2.96. The second-order valence-corrected chi connectivity index (χ2v) is 4.74. The quantitative estimate of drug-likeness (QED) is 0.874. The standard InChI is InChI=1S/C12H10Cl2O2/c1-6-2-7-3-10(13)11(14)4-9(7)8(6)5-12(15)16/h3-4H,2,5H2,1H3,(H,15,16). The van der Waals surface area contributed by atoms with Gasteiger partial charge in [0, 0.05) is 0 Å². The van der Waals surface area contributed by atoms with Crippen molar-refractivity contribution in [2.45, 2.75) is 19.8 Å². The van der Waals surface area contributed by atoms with Crippen LogP contribution in [0.1, 0.15) is 24.5 Å². The van der Waals surface area contributed by atoms with Crippen molar-refractivity contribution in [2.75, 3.05) is 0 Å². The second-order valence-electron chi connectivity index (χ2n) is 3.93. The first-order valence-electron chi connectivity index (χ1n) is 4.87. The predicted octanol–water partition coefficient (Wildman–Crippen LogP) is 3.80. The molecule has 0 spiro atoms. The maximum absolute atomic E-state index is 10.8. The monoisotopic (exact) mass is 256 g/mol. The summed E-state index contributed by atoms with van der Waals surface area (Å²) in [5.74, 6) is -0.826. The van der Waals surface area contributed by atoms with Gasteiger partial charge in [-0.05, 0) is 42.2 Å². The fraction of sp³-hybridized carbons (Fsp3) is 0.250. The zero-order chi connectivity index (χ0) is 11.9. The lowest BCUT2D eigenvalue weighted by molar-refractivity contribution is -0.135. The molecular formula is C12H10Cl2O2. The number of carboxylic acid groups (broad SMARTS) is 1. The van der Waals surface area contributed by atoms with E-state index in [0.29, 0.717) is 10.0 Å². The Balaban J connectivity index is 2.48. The molecule has 16 heavy (non-hydrogen) atoms. The molecule has 0 aromatic heterocycles. The third kappa shape index (κ3) is 1.95. The van der Waals surface area contributed by atoms with Crippen LogP contribution in [0, 0.1) is 0 Å². The van der Waals surface area contributed by atoms with Crippen LogP contribution in [0.25, 0.3) is 5.57 Å². The summed E-state index contributed by atoms with van der Waals surface area (Å²) in [4.78, 5) is 10.8. The Morgan fingerprint density at radius 3 is 2.62 bits per heavy atom. The zero-order valence-corrected chi connectivity index (χ0v) is 10.2. The molecule has 1 aromatic rings. The second kappa shape index (κ2) is 4.11. The fourth-order valence-corrected chi connectivity index (χ4v) is 2.38. The van der Waals surface area contributed by atoms with Gasteiger partial charge >= 0.3 is 5.97 Å². The Morgan fingerprint density at radius 1 is 1.38 bits per heavy atom. The molecule has 0 unspecified atom stereocenters. The largest absolute Gasteiger partial charge is 0.481 e. The van der Waals surface area contributed by atoms with E-state index < -0.39 is 5.97 Å². The number of carboxylic acids is 1. The minimum absolute atomic E-state index is 0.0385. The third-order valence-electron chi connectivity index (χ3n) is 2.77. The van der Waals surface area contributed by atoms with Gasteiger partial charge in [-0.25, -0.2) is 0 Å². The lowest BCUT2D eigenvalue weighted by Crippen LogP contribution is -1.97. The maximum atomic E-state index is 10.8. The summed E-state index contributed by atoms with van der Waals surface area (Å²) in [5, 5.41) is 9.84. The van der Waals surface area contributed by atoms with Crippen molar-refractivity contribution in [1.82, 2.24) is 0 Å². The highest BCUT2D eigenvalue weighted by Gasteiger charge is 2.22. The Hall–Kier alpha value is -0.990. The van der Waals surface area contributed by atoms with Crippen LogP contribution in [-0.4, -0.2) is 11.1 Å². The van der Waals surface area contributed by atoms with Gasteiger partial charge in [-0.3, -0.25) is 4.79 Å². The number of fused-ring (bicyclic) bond motifs is 1. The first-order valence-corrected chi connectivity index (χ1v) is 5.63. The van der Waals surface area contributed by atoms with Crippen LogP contribution in [0.4, 0.5) is 0 Å². The van der Waals surface area contributed by atoms with Crippen molar-refractivity contribution in [3.8, 4) is 0 Å². The van der Waals surface area contributed by atoms with Crippen LogP contribution in [0.15, 0.2) is 17.7 Å². The molecule has 0 atom stereocenters. The summed E-state index contributed by atoms with van der Waals surface area (Å²) >= 11 is 11.9. The van der Waals surface area contributed by atoms with E-state index in [0.717, 1.165) is 28.7 Å². The van der Waals surface area contributed by atoms with E-state index in [-0.39, 0.29) is 6.42 Å². The molecule has 1 aromatic carbocycles. The molecule has 0 saturated heterocycles. The molecular weight excluding hydrogens is 247 g/mol.